The predicted octanol–water partition coefficient (Wildman–Crippen LogP) is 3.64. The molecule has 0 bridgehead atoms. The number of ether oxygens (including phenoxy) is 1. The molecule has 1 aromatic rings. The molecule has 1 aromatic carbocycles. The van der Waals surface area contributed by atoms with Crippen LogP contribution in [0.5, 0.6) is 0 Å². The van der Waals surface area contributed by atoms with Crippen LogP contribution in [-0.4, -0.2) is 17.8 Å². The van der Waals surface area contributed by atoms with E-state index in [4.69, 9.17) is 9.84 Å². The first-order valence-corrected chi connectivity index (χ1v) is 6.93. The molecule has 0 aliphatic rings. The number of hydrogen-bond donors (Lipinski definition) is 1. The normalized spacial score (nSPS) is 16.2. The Morgan fingerprint density at radius 3 is 2.39 bits per heavy atom. The van der Waals surface area contributed by atoms with E-state index in [9.17, 15) is 0 Å². The average molecular weight is 250 g/mol. The molecule has 2 nitrogen and oxygen atoms in total. The van der Waals surface area contributed by atoms with E-state index in [0.29, 0.717) is 18.4 Å². The lowest BCUT2D eigenvalue weighted by Gasteiger charge is -2.25. The van der Waals surface area contributed by atoms with Crippen LogP contribution >= 0.6 is 0 Å². The van der Waals surface area contributed by atoms with E-state index in [2.05, 4.69) is 32.9 Å². The monoisotopic (exact) mass is 250 g/mol. The first kappa shape index (κ1) is 15.2. The molecule has 1 rings (SSSR count). The standard InChI is InChI=1S/C16H26O2/c1-4-16(14(3)10-13(2)11-17)18-12-15-8-6-5-7-9-15/h5-9,13-14,16-17H,4,10-12H2,1-3H3/t13-,14+,16+/m1/s1. The van der Waals surface area contributed by atoms with E-state index in [-0.39, 0.29) is 12.7 Å². The van der Waals surface area contributed by atoms with Gasteiger partial charge in [-0.3, -0.25) is 0 Å². The van der Waals surface area contributed by atoms with Gasteiger partial charge < -0.3 is 9.84 Å². The second-order valence-corrected chi connectivity index (χ2v) is 5.24. The van der Waals surface area contributed by atoms with E-state index >= 15 is 0 Å². The lowest BCUT2D eigenvalue weighted by molar-refractivity contribution is -0.00470. The summed E-state index contributed by atoms with van der Waals surface area (Å²) in [5.41, 5.74) is 1.22. The summed E-state index contributed by atoms with van der Waals surface area (Å²) >= 11 is 0. The summed E-state index contributed by atoms with van der Waals surface area (Å²) < 4.78 is 6.00. The van der Waals surface area contributed by atoms with E-state index in [1.807, 2.05) is 18.2 Å². The topological polar surface area (TPSA) is 29.5 Å². The number of aliphatic hydroxyl groups excluding tert-OH is 1. The molecular formula is C16H26O2. The van der Waals surface area contributed by atoms with Gasteiger partial charge in [0.05, 0.1) is 12.7 Å². The second kappa shape index (κ2) is 8.28. The van der Waals surface area contributed by atoms with Crippen molar-refractivity contribution in [2.45, 2.75) is 46.3 Å². The molecule has 0 aliphatic carbocycles. The largest absolute Gasteiger partial charge is 0.396 e. The van der Waals surface area contributed by atoms with Crippen LogP contribution in [0.15, 0.2) is 30.3 Å². The van der Waals surface area contributed by atoms with Gasteiger partial charge in [0.1, 0.15) is 0 Å². The Hall–Kier alpha value is -0.860. The smallest absolute Gasteiger partial charge is 0.0720 e. The Balaban J connectivity index is 2.41. The summed E-state index contributed by atoms with van der Waals surface area (Å²) in [6.07, 6.45) is 2.31. The van der Waals surface area contributed by atoms with Gasteiger partial charge in [-0.25, -0.2) is 0 Å². The van der Waals surface area contributed by atoms with Crippen LogP contribution in [0.3, 0.4) is 0 Å². The van der Waals surface area contributed by atoms with Gasteiger partial charge in [0.15, 0.2) is 0 Å². The third kappa shape index (κ3) is 5.19. The molecule has 102 valence electrons. The van der Waals surface area contributed by atoms with Crippen molar-refractivity contribution >= 4 is 0 Å². The van der Waals surface area contributed by atoms with Gasteiger partial charge in [0.25, 0.3) is 0 Å². The van der Waals surface area contributed by atoms with E-state index < -0.39 is 0 Å². The molecule has 0 saturated heterocycles. The average Bonchev–Trinajstić information content (AvgIpc) is 2.40. The van der Waals surface area contributed by atoms with Crippen LogP contribution in [-0.2, 0) is 11.3 Å². The van der Waals surface area contributed by atoms with Crippen molar-refractivity contribution in [3.8, 4) is 0 Å². The molecule has 18 heavy (non-hydrogen) atoms. The highest BCUT2D eigenvalue weighted by Gasteiger charge is 2.18. The first-order chi connectivity index (χ1) is 8.67. The molecule has 1 N–H and O–H groups in total. The minimum absolute atomic E-state index is 0.263. The summed E-state index contributed by atoms with van der Waals surface area (Å²) in [4.78, 5) is 0. The number of rotatable bonds is 8. The number of aliphatic hydroxyl groups is 1. The lowest BCUT2D eigenvalue weighted by Crippen LogP contribution is -2.23. The van der Waals surface area contributed by atoms with Crippen LogP contribution in [0.1, 0.15) is 39.2 Å². The minimum Gasteiger partial charge on any atom is -0.396 e. The van der Waals surface area contributed by atoms with Gasteiger partial charge in [-0.05, 0) is 30.2 Å². The molecule has 0 saturated carbocycles. The molecule has 2 heteroatoms. The summed E-state index contributed by atoms with van der Waals surface area (Å²) in [6, 6.07) is 10.3. The second-order valence-electron chi connectivity index (χ2n) is 5.24. The fourth-order valence-electron chi connectivity index (χ4n) is 2.32. The predicted molar refractivity (Wildman–Crippen MR) is 75.3 cm³/mol. The molecule has 3 atom stereocenters. The summed E-state index contributed by atoms with van der Waals surface area (Å²) in [6.45, 7) is 7.40. The van der Waals surface area contributed by atoms with Gasteiger partial charge in [0, 0.05) is 6.61 Å². The number of hydrogen-bond acceptors (Lipinski definition) is 2. The Bertz CT molecular complexity index is 310. The third-order valence-corrected chi connectivity index (χ3v) is 3.43. The Labute approximate surface area is 111 Å². The summed E-state index contributed by atoms with van der Waals surface area (Å²) in [5.74, 6) is 0.843. The van der Waals surface area contributed by atoms with E-state index in [1.165, 1.54) is 5.56 Å². The maximum absolute atomic E-state index is 9.11. The third-order valence-electron chi connectivity index (χ3n) is 3.43. The molecule has 0 unspecified atom stereocenters. The zero-order chi connectivity index (χ0) is 13.4. The SMILES string of the molecule is CC[C@H](OCc1ccccc1)[C@@H](C)C[C@@H](C)CO. The Kier molecular flexibility index (Phi) is 6.99. The van der Waals surface area contributed by atoms with Crippen molar-refractivity contribution in [2.75, 3.05) is 6.61 Å². The van der Waals surface area contributed by atoms with Crippen molar-refractivity contribution in [1.29, 1.82) is 0 Å². The molecule has 0 fully saturated rings. The molecule has 0 heterocycles. The van der Waals surface area contributed by atoms with Gasteiger partial charge in [-0.1, -0.05) is 51.1 Å². The fraction of sp³-hybridized carbons (Fsp3) is 0.625. The maximum Gasteiger partial charge on any atom is 0.0720 e. The van der Waals surface area contributed by atoms with Crippen LogP contribution in [0.2, 0.25) is 0 Å². The van der Waals surface area contributed by atoms with E-state index in [1.54, 1.807) is 0 Å². The quantitative estimate of drug-likeness (QED) is 0.763. The van der Waals surface area contributed by atoms with Crippen molar-refractivity contribution in [3.05, 3.63) is 35.9 Å². The van der Waals surface area contributed by atoms with Crippen LogP contribution in [0.25, 0.3) is 0 Å². The van der Waals surface area contributed by atoms with Crippen LogP contribution in [0, 0.1) is 11.8 Å². The molecule has 0 radical (unpaired) electrons. The first-order valence-electron chi connectivity index (χ1n) is 6.93. The number of benzene rings is 1. The molecular weight excluding hydrogens is 224 g/mol. The highest BCUT2D eigenvalue weighted by atomic mass is 16.5. The minimum atomic E-state index is 0.263. The van der Waals surface area contributed by atoms with Crippen LogP contribution in [0.4, 0.5) is 0 Å². The highest BCUT2D eigenvalue weighted by molar-refractivity contribution is 5.13. The summed E-state index contributed by atoms with van der Waals surface area (Å²) in [5, 5.41) is 9.11. The molecule has 0 aromatic heterocycles. The van der Waals surface area contributed by atoms with Crippen molar-refractivity contribution < 1.29 is 9.84 Å². The fourth-order valence-corrected chi connectivity index (χ4v) is 2.32. The zero-order valence-corrected chi connectivity index (χ0v) is 11.8. The van der Waals surface area contributed by atoms with Gasteiger partial charge in [-0.2, -0.15) is 0 Å². The van der Waals surface area contributed by atoms with Gasteiger partial charge >= 0.3 is 0 Å². The highest BCUT2D eigenvalue weighted by Crippen LogP contribution is 2.21. The molecule has 0 aliphatic heterocycles. The van der Waals surface area contributed by atoms with Gasteiger partial charge in [-0.15, -0.1) is 0 Å². The van der Waals surface area contributed by atoms with Crippen molar-refractivity contribution in [1.82, 2.24) is 0 Å². The maximum atomic E-state index is 9.11. The van der Waals surface area contributed by atoms with Crippen molar-refractivity contribution in [3.63, 3.8) is 0 Å². The zero-order valence-electron chi connectivity index (χ0n) is 11.8. The lowest BCUT2D eigenvalue weighted by atomic mass is 9.92. The Morgan fingerprint density at radius 1 is 1.17 bits per heavy atom. The molecule has 0 spiro atoms. The summed E-state index contributed by atoms with van der Waals surface area (Å²) in [7, 11) is 0. The molecule has 0 amide bonds. The Morgan fingerprint density at radius 2 is 1.83 bits per heavy atom. The van der Waals surface area contributed by atoms with E-state index in [0.717, 1.165) is 12.8 Å². The van der Waals surface area contributed by atoms with Crippen LogP contribution < -0.4 is 0 Å². The van der Waals surface area contributed by atoms with Crippen molar-refractivity contribution in [2.24, 2.45) is 11.8 Å². The van der Waals surface area contributed by atoms with Gasteiger partial charge in [0.2, 0.25) is 0 Å².